The Kier molecular flexibility index (Phi) is 3.32. The molecule has 0 saturated heterocycles. The SMILES string of the molecule is CC(=O)OCC1=CC(=O)O/C1=C\c1ccc(C)o1. The van der Waals surface area contributed by atoms with E-state index in [1.165, 1.54) is 13.0 Å². The molecule has 2 rings (SSSR count). The molecule has 1 aliphatic rings. The third kappa shape index (κ3) is 2.88. The van der Waals surface area contributed by atoms with Crippen LogP contribution in [0.4, 0.5) is 0 Å². The van der Waals surface area contributed by atoms with Crippen LogP contribution in [0.15, 0.2) is 34.0 Å². The van der Waals surface area contributed by atoms with E-state index in [-0.39, 0.29) is 6.61 Å². The van der Waals surface area contributed by atoms with Crippen molar-refractivity contribution in [3.05, 3.63) is 41.1 Å². The summed E-state index contributed by atoms with van der Waals surface area (Å²) in [5, 5.41) is 0. The monoisotopic (exact) mass is 248 g/mol. The zero-order valence-corrected chi connectivity index (χ0v) is 10.1. The van der Waals surface area contributed by atoms with Gasteiger partial charge in [0.05, 0.1) is 0 Å². The molecule has 5 heteroatoms. The summed E-state index contributed by atoms with van der Waals surface area (Å²) in [7, 11) is 0. The van der Waals surface area contributed by atoms with Crippen molar-refractivity contribution in [2.75, 3.05) is 6.61 Å². The summed E-state index contributed by atoms with van der Waals surface area (Å²) in [5.74, 6) is 0.785. The molecular weight excluding hydrogens is 236 g/mol. The average Bonchev–Trinajstić information content (AvgIpc) is 2.83. The van der Waals surface area contributed by atoms with E-state index in [0.717, 1.165) is 5.76 Å². The van der Waals surface area contributed by atoms with Gasteiger partial charge in [-0.15, -0.1) is 0 Å². The minimum Gasteiger partial charge on any atom is -0.462 e. The summed E-state index contributed by atoms with van der Waals surface area (Å²) in [6, 6.07) is 3.57. The summed E-state index contributed by atoms with van der Waals surface area (Å²) in [4.78, 5) is 21.9. The predicted molar refractivity (Wildman–Crippen MR) is 62.2 cm³/mol. The van der Waals surface area contributed by atoms with E-state index in [0.29, 0.717) is 17.1 Å². The summed E-state index contributed by atoms with van der Waals surface area (Å²) < 4.78 is 15.2. The summed E-state index contributed by atoms with van der Waals surface area (Å²) in [6.45, 7) is 3.13. The molecule has 0 radical (unpaired) electrons. The Morgan fingerprint density at radius 1 is 1.44 bits per heavy atom. The molecule has 1 aromatic heterocycles. The fourth-order valence-corrected chi connectivity index (χ4v) is 1.49. The Balaban J connectivity index is 2.16. The highest BCUT2D eigenvalue weighted by molar-refractivity contribution is 5.89. The first-order valence-corrected chi connectivity index (χ1v) is 5.39. The summed E-state index contributed by atoms with van der Waals surface area (Å²) in [5.41, 5.74) is 0.518. The highest BCUT2D eigenvalue weighted by Gasteiger charge is 2.21. The lowest BCUT2D eigenvalue weighted by molar-refractivity contribution is -0.139. The lowest BCUT2D eigenvalue weighted by Gasteiger charge is -2.03. The zero-order chi connectivity index (χ0) is 13.1. The van der Waals surface area contributed by atoms with Gasteiger partial charge in [0.2, 0.25) is 0 Å². The van der Waals surface area contributed by atoms with Crippen LogP contribution in [0, 0.1) is 6.92 Å². The lowest BCUT2D eigenvalue weighted by atomic mass is 10.2. The van der Waals surface area contributed by atoms with Gasteiger partial charge in [-0.2, -0.15) is 0 Å². The van der Waals surface area contributed by atoms with Gasteiger partial charge in [-0.3, -0.25) is 4.79 Å². The van der Waals surface area contributed by atoms with Crippen LogP contribution in [0.2, 0.25) is 0 Å². The first-order chi connectivity index (χ1) is 8.54. The van der Waals surface area contributed by atoms with Gasteiger partial charge in [0.25, 0.3) is 0 Å². The van der Waals surface area contributed by atoms with Crippen LogP contribution < -0.4 is 0 Å². The Bertz CT molecular complexity index is 547. The van der Waals surface area contributed by atoms with Crippen molar-refractivity contribution in [3.8, 4) is 0 Å². The minimum absolute atomic E-state index is 0.00655. The number of esters is 2. The van der Waals surface area contributed by atoms with Gasteiger partial charge in [0.15, 0.2) is 0 Å². The molecule has 0 aliphatic carbocycles. The van der Waals surface area contributed by atoms with Crippen molar-refractivity contribution in [2.45, 2.75) is 13.8 Å². The van der Waals surface area contributed by atoms with Crippen LogP contribution in [-0.2, 0) is 19.1 Å². The second kappa shape index (κ2) is 4.91. The highest BCUT2D eigenvalue weighted by atomic mass is 16.6. The first kappa shape index (κ1) is 12.2. The molecule has 0 amide bonds. The van der Waals surface area contributed by atoms with Crippen molar-refractivity contribution in [1.29, 1.82) is 0 Å². The molecule has 2 heterocycles. The predicted octanol–water partition coefficient (Wildman–Crippen LogP) is 1.98. The largest absolute Gasteiger partial charge is 0.462 e. The first-order valence-electron chi connectivity index (χ1n) is 5.39. The van der Waals surface area contributed by atoms with Crippen molar-refractivity contribution < 1.29 is 23.5 Å². The smallest absolute Gasteiger partial charge is 0.336 e. The van der Waals surface area contributed by atoms with Gasteiger partial charge in [-0.05, 0) is 19.1 Å². The normalized spacial score (nSPS) is 16.7. The molecular formula is C13H12O5. The Labute approximate surface area is 104 Å². The van der Waals surface area contributed by atoms with Gasteiger partial charge in [0.1, 0.15) is 23.9 Å². The number of aryl methyl sites for hydroxylation is 1. The van der Waals surface area contributed by atoms with Gasteiger partial charge in [-0.25, -0.2) is 4.79 Å². The maximum Gasteiger partial charge on any atom is 0.336 e. The number of cyclic esters (lactones) is 1. The summed E-state index contributed by atoms with van der Waals surface area (Å²) >= 11 is 0. The Morgan fingerprint density at radius 2 is 2.22 bits per heavy atom. The van der Waals surface area contributed by atoms with Crippen molar-refractivity contribution in [1.82, 2.24) is 0 Å². The van der Waals surface area contributed by atoms with E-state index in [2.05, 4.69) is 0 Å². The second-order valence-corrected chi connectivity index (χ2v) is 3.83. The maximum absolute atomic E-state index is 11.2. The van der Waals surface area contributed by atoms with Crippen LogP contribution in [0.1, 0.15) is 18.4 Å². The number of hydrogen-bond acceptors (Lipinski definition) is 5. The molecule has 0 N–H and O–H groups in total. The van der Waals surface area contributed by atoms with Crippen molar-refractivity contribution >= 4 is 18.0 Å². The molecule has 0 aromatic carbocycles. The second-order valence-electron chi connectivity index (χ2n) is 3.83. The summed E-state index contributed by atoms with van der Waals surface area (Å²) in [6.07, 6.45) is 2.89. The topological polar surface area (TPSA) is 65.7 Å². The lowest BCUT2D eigenvalue weighted by Crippen LogP contribution is -2.03. The van der Waals surface area contributed by atoms with Crippen LogP contribution in [0.5, 0.6) is 0 Å². The highest BCUT2D eigenvalue weighted by Crippen LogP contribution is 2.23. The molecule has 0 spiro atoms. The van der Waals surface area contributed by atoms with Gasteiger partial charge < -0.3 is 13.9 Å². The van der Waals surface area contributed by atoms with Gasteiger partial charge in [0, 0.05) is 24.6 Å². The van der Waals surface area contributed by atoms with E-state index >= 15 is 0 Å². The van der Waals surface area contributed by atoms with Crippen molar-refractivity contribution in [2.24, 2.45) is 0 Å². The molecule has 0 fully saturated rings. The Morgan fingerprint density at radius 3 is 2.83 bits per heavy atom. The number of furan rings is 1. The molecule has 0 atom stereocenters. The van der Waals surface area contributed by atoms with Crippen LogP contribution in [-0.4, -0.2) is 18.5 Å². The van der Waals surface area contributed by atoms with Gasteiger partial charge >= 0.3 is 11.9 Å². The molecule has 0 bridgehead atoms. The van der Waals surface area contributed by atoms with E-state index in [4.69, 9.17) is 13.9 Å². The van der Waals surface area contributed by atoms with E-state index in [1.54, 1.807) is 18.2 Å². The minimum atomic E-state index is -0.480. The van der Waals surface area contributed by atoms with E-state index in [9.17, 15) is 9.59 Å². The third-order valence-electron chi connectivity index (χ3n) is 2.28. The van der Waals surface area contributed by atoms with Gasteiger partial charge in [-0.1, -0.05) is 0 Å². The van der Waals surface area contributed by atoms with E-state index in [1.807, 2.05) is 6.92 Å². The van der Waals surface area contributed by atoms with Crippen LogP contribution in [0.25, 0.3) is 6.08 Å². The maximum atomic E-state index is 11.2. The Hall–Kier alpha value is -2.30. The third-order valence-corrected chi connectivity index (χ3v) is 2.28. The fraction of sp³-hybridized carbons (Fsp3) is 0.231. The van der Waals surface area contributed by atoms with Crippen LogP contribution in [0.3, 0.4) is 0 Å². The number of hydrogen-bond donors (Lipinski definition) is 0. The molecule has 1 aliphatic heterocycles. The molecule has 18 heavy (non-hydrogen) atoms. The quantitative estimate of drug-likeness (QED) is 0.765. The standard InChI is InChI=1S/C13H12O5/c1-8-3-4-11(17-8)6-12-10(5-13(15)18-12)7-16-9(2)14/h3-6H,7H2,1-2H3/b12-6-. The fourth-order valence-electron chi connectivity index (χ4n) is 1.49. The number of carbonyl (C=O) groups excluding carboxylic acids is 2. The molecule has 0 saturated carbocycles. The zero-order valence-electron chi connectivity index (χ0n) is 10.1. The average molecular weight is 248 g/mol. The molecule has 1 aromatic rings. The number of ether oxygens (including phenoxy) is 2. The van der Waals surface area contributed by atoms with E-state index < -0.39 is 11.9 Å². The van der Waals surface area contributed by atoms with Crippen LogP contribution >= 0.6 is 0 Å². The molecule has 0 unspecified atom stereocenters. The molecule has 94 valence electrons. The number of carbonyl (C=O) groups is 2. The number of rotatable bonds is 3. The van der Waals surface area contributed by atoms with Crippen molar-refractivity contribution in [3.63, 3.8) is 0 Å². The molecule has 5 nitrogen and oxygen atoms in total.